The van der Waals surface area contributed by atoms with Crippen molar-refractivity contribution in [2.75, 3.05) is 0 Å². The number of aliphatic carboxylic acids is 1. The molecule has 0 aliphatic rings. The molecular weight excluding hydrogens is 180 g/mol. The normalized spacial score (nSPS) is 10.5. The molecule has 0 saturated carbocycles. The number of hydrogen-bond donors (Lipinski definition) is 2. The fraction of sp³-hybridized carbons (Fsp3) is 0.364. The molecule has 0 aromatic heterocycles. The van der Waals surface area contributed by atoms with Crippen molar-refractivity contribution in [3.05, 3.63) is 29.3 Å². The lowest BCUT2D eigenvalue weighted by atomic mass is 9.98. The fourth-order valence-electron chi connectivity index (χ4n) is 1.38. The summed E-state index contributed by atoms with van der Waals surface area (Å²) in [7, 11) is 0. The van der Waals surface area contributed by atoms with Crippen molar-refractivity contribution in [2.24, 2.45) is 0 Å². The maximum Gasteiger partial charge on any atom is 0.307 e. The topological polar surface area (TPSA) is 57.5 Å². The SMILES string of the molecule is CC(C)c1cccc(CC(=O)O)c1O. The number of hydrogen-bond acceptors (Lipinski definition) is 2. The van der Waals surface area contributed by atoms with E-state index in [0.717, 1.165) is 5.56 Å². The molecule has 0 aliphatic heterocycles. The zero-order chi connectivity index (χ0) is 10.7. The van der Waals surface area contributed by atoms with Gasteiger partial charge in [0.15, 0.2) is 0 Å². The van der Waals surface area contributed by atoms with Gasteiger partial charge >= 0.3 is 5.97 Å². The molecule has 0 spiro atoms. The summed E-state index contributed by atoms with van der Waals surface area (Å²) in [6.45, 7) is 3.92. The van der Waals surface area contributed by atoms with E-state index in [4.69, 9.17) is 5.11 Å². The summed E-state index contributed by atoms with van der Waals surface area (Å²) in [4.78, 5) is 10.5. The van der Waals surface area contributed by atoms with E-state index >= 15 is 0 Å². The molecule has 14 heavy (non-hydrogen) atoms. The van der Waals surface area contributed by atoms with Gasteiger partial charge in [-0.3, -0.25) is 4.79 Å². The molecule has 0 saturated heterocycles. The molecule has 0 radical (unpaired) electrons. The number of phenolic OH excluding ortho intramolecular Hbond substituents is 1. The Bertz CT molecular complexity index is 342. The molecule has 0 heterocycles. The summed E-state index contributed by atoms with van der Waals surface area (Å²) in [6, 6.07) is 5.22. The van der Waals surface area contributed by atoms with Gasteiger partial charge in [-0.25, -0.2) is 0 Å². The lowest BCUT2D eigenvalue weighted by Crippen LogP contribution is -2.01. The fourth-order valence-corrected chi connectivity index (χ4v) is 1.38. The highest BCUT2D eigenvalue weighted by molar-refractivity contribution is 5.71. The Labute approximate surface area is 83.0 Å². The quantitative estimate of drug-likeness (QED) is 0.775. The summed E-state index contributed by atoms with van der Waals surface area (Å²) in [6.07, 6.45) is -0.133. The van der Waals surface area contributed by atoms with Crippen molar-refractivity contribution in [3.63, 3.8) is 0 Å². The molecule has 0 unspecified atom stereocenters. The van der Waals surface area contributed by atoms with Crippen LogP contribution in [-0.2, 0) is 11.2 Å². The van der Waals surface area contributed by atoms with Crippen LogP contribution in [0.1, 0.15) is 30.9 Å². The first-order chi connectivity index (χ1) is 6.52. The number of carbonyl (C=O) groups is 1. The molecule has 0 bridgehead atoms. The maximum absolute atomic E-state index is 10.5. The second kappa shape index (κ2) is 4.13. The van der Waals surface area contributed by atoms with Gasteiger partial charge in [0.1, 0.15) is 5.75 Å². The van der Waals surface area contributed by atoms with Gasteiger partial charge in [-0.15, -0.1) is 0 Å². The van der Waals surface area contributed by atoms with Gasteiger partial charge < -0.3 is 10.2 Å². The number of rotatable bonds is 3. The van der Waals surface area contributed by atoms with Crippen LogP contribution in [0.5, 0.6) is 5.75 Å². The average Bonchev–Trinajstić information content (AvgIpc) is 2.07. The first kappa shape index (κ1) is 10.6. The molecule has 1 aromatic rings. The third kappa shape index (κ3) is 2.25. The lowest BCUT2D eigenvalue weighted by Gasteiger charge is -2.10. The van der Waals surface area contributed by atoms with Crippen LogP contribution in [-0.4, -0.2) is 16.2 Å². The Kier molecular flexibility index (Phi) is 3.12. The number of aromatic hydroxyl groups is 1. The minimum atomic E-state index is -0.929. The molecule has 3 heteroatoms. The average molecular weight is 194 g/mol. The second-order valence-corrected chi connectivity index (χ2v) is 3.58. The zero-order valence-corrected chi connectivity index (χ0v) is 8.32. The second-order valence-electron chi connectivity index (χ2n) is 3.58. The van der Waals surface area contributed by atoms with Crippen molar-refractivity contribution < 1.29 is 15.0 Å². The first-order valence-electron chi connectivity index (χ1n) is 4.55. The largest absolute Gasteiger partial charge is 0.507 e. The van der Waals surface area contributed by atoms with Crippen molar-refractivity contribution >= 4 is 5.97 Å². The lowest BCUT2D eigenvalue weighted by molar-refractivity contribution is -0.136. The van der Waals surface area contributed by atoms with Crippen molar-refractivity contribution in [3.8, 4) is 5.75 Å². The molecule has 0 fully saturated rings. The highest BCUT2D eigenvalue weighted by Gasteiger charge is 2.11. The zero-order valence-electron chi connectivity index (χ0n) is 8.32. The van der Waals surface area contributed by atoms with Crippen LogP contribution in [0.25, 0.3) is 0 Å². The standard InChI is InChI=1S/C11H14O3/c1-7(2)9-5-3-4-8(11(9)14)6-10(12)13/h3-5,7,14H,6H2,1-2H3,(H,12,13). The maximum atomic E-state index is 10.5. The number of carboxylic acids is 1. The van der Waals surface area contributed by atoms with E-state index in [2.05, 4.69) is 0 Å². The summed E-state index contributed by atoms with van der Waals surface area (Å²) < 4.78 is 0. The molecule has 3 nitrogen and oxygen atoms in total. The van der Waals surface area contributed by atoms with Crippen molar-refractivity contribution in [1.82, 2.24) is 0 Å². The molecule has 0 amide bonds. The van der Waals surface area contributed by atoms with Crippen LogP contribution in [0.4, 0.5) is 0 Å². The van der Waals surface area contributed by atoms with Crippen LogP contribution >= 0.6 is 0 Å². The van der Waals surface area contributed by atoms with Crippen molar-refractivity contribution in [1.29, 1.82) is 0 Å². The monoisotopic (exact) mass is 194 g/mol. The first-order valence-corrected chi connectivity index (χ1v) is 4.55. The molecule has 1 aromatic carbocycles. The number of carboxylic acid groups (broad SMARTS) is 1. The van der Waals surface area contributed by atoms with Gasteiger partial charge in [0.05, 0.1) is 6.42 Å². The van der Waals surface area contributed by atoms with E-state index in [9.17, 15) is 9.90 Å². The Morgan fingerprint density at radius 2 is 2.07 bits per heavy atom. The molecule has 0 aliphatic carbocycles. The smallest absolute Gasteiger partial charge is 0.307 e. The Morgan fingerprint density at radius 3 is 2.57 bits per heavy atom. The van der Waals surface area contributed by atoms with Crippen LogP contribution in [0.15, 0.2) is 18.2 Å². The van der Waals surface area contributed by atoms with E-state index < -0.39 is 5.97 Å². The van der Waals surface area contributed by atoms with Gasteiger partial charge in [-0.2, -0.15) is 0 Å². The van der Waals surface area contributed by atoms with E-state index in [1.807, 2.05) is 19.9 Å². The van der Waals surface area contributed by atoms with E-state index in [1.165, 1.54) is 0 Å². The summed E-state index contributed by atoms with van der Waals surface area (Å²) in [5.41, 5.74) is 1.27. The van der Waals surface area contributed by atoms with E-state index in [-0.39, 0.29) is 18.1 Å². The van der Waals surface area contributed by atoms with Crippen molar-refractivity contribution in [2.45, 2.75) is 26.2 Å². The Hall–Kier alpha value is -1.51. The molecule has 76 valence electrons. The van der Waals surface area contributed by atoms with Gasteiger partial charge in [-0.05, 0) is 11.5 Å². The highest BCUT2D eigenvalue weighted by atomic mass is 16.4. The number of benzene rings is 1. The van der Waals surface area contributed by atoms with Crippen LogP contribution in [0.3, 0.4) is 0 Å². The minimum absolute atomic E-state index is 0.116. The summed E-state index contributed by atoms with van der Waals surface area (Å²) in [5, 5.41) is 18.4. The number of para-hydroxylation sites is 1. The number of phenols is 1. The molecule has 1 rings (SSSR count). The third-order valence-corrected chi connectivity index (χ3v) is 2.11. The summed E-state index contributed by atoms with van der Waals surface area (Å²) >= 11 is 0. The molecular formula is C11H14O3. The Morgan fingerprint density at radius 1 is 1.43 bits per heavy atom. The van der Waals surface area contributed by atoms with Gasteiger partial charge in [-0.1, -0.05) is 32.0 Å². The van der Waals surface area contributed by atoms with Crippen LogP contribution < -0.4 is 0 Å². The van der Waals surface area contributed by atoms with Crippen LogP contribution in [0, 0.1) is 0 Å². The highest BCUT2D eigenvalue weighted by Crippen LogP contribution is 2.28. The minimum Gasteiger partial charge on any atom is -0.507 e. The molecule has 0 atom stereocenters. The van der Waals surface area contributed by atoms with Gasteiger partial charge in [0.2, 0.25) is 0 Å². The van der Waals surface area contributed by atoms with E-state index in [0.29, 0.717) is 5.56 Å². The predicted molar refractivity (Wildman–Crippen MR) is 53.5 cm³/mol. The van der Waals surface area contributed by atoms with Gasteiger partial charge in [0.25, 0.3) is 0 Å². The third-order valence-electron chi connectivity index (χ3n) is 2.11. The van der Waals surface area contributed by atoms with Gasteiger partial charge in [0, 0.05) is 5.56 Å². The predicted octanol–water partition coefficient (Wildman–Crippen LogP) is 2.14. The van der Waals surface area contributed by atoms with E-state index in [1.54, 1.807) is 12.1 Å². The van der Waals surface area contributed by atoms with Crippen LogP contribution in [0.2, 0.25) is 0 Å². The summed E-state index contributed by atoms with van der Waals surface area (Å²) in [5.74, 6) is -0.616. The molecule has 2 N–H and O–H groups in total. The Balaban J connectivity index is 3.07.